The number of nitrogens with zero attached hydrogens (tertiary/aromatic N) is 2. The molecule has 24 aromatic carbocycles. The molecule has 2 aromatic heterocycles. The second-order valence-electron chi connectivity index (χ2n) is 31.5. The van der Waals surface area contributed by atoms with Gasteiger partial charge in [-0.15, -0.1) is 0 Å². The van der Waals surface area contributed by atoms with E-state index in [4.69, 9.17) is 0 Å². The van der Waals surface area contributed by atoms with Crippen LogP contribution in [0.3, 0.4) is 0 Å². The summed E-state index contributed by atoms with van der Waals surface area (Å²) in [5.41, 5.74) is 22.0. The van der Waals surface area contributed by atoms with Gasteiger partial charge in [-0.2, -0.15) is 0 Å². The Balaban J connectivity index is 0.782. The van der Waals surface area contributed by atoms with Crippen LogP contribution in [0, 0.1) is 13.8 Å². The zero-order valence-electron chi connectivity index (χ0n) is 61.4. The van der Waals surface area contributed by atoms with Crippen molar-refractivity contribution in [2.24, 2.45) is 0 Å². The van der Waals surface area contributed by atoms with Gasteiger partial charge in [-0.1, -0.05) is 297 Å². The predicted molar refractivity (Wildman–Crippen MR) is 482 cm³/mol. The smallest absolute Gasteiger partial charge is 0.0553 e. The first-order chi connectivity index (χ1) is 55.5. The van der Waals surface area contributed by atoms with Crippen molar-refractivity contribution >= 4 is 194 Å². The second kappa shape index (κ2) is 22.1. The fourth-order valence-electron chi connectivity index (χ4n) is 21.8. The summed E-state index contributed by atoms with van der Waals surface area (Å²) in [4.78, 5) is 0. The molecule has 2 nitrogen and oxygen atoms in total. The number of aromatic nitrogens is 2. The molecular weight excluding hydrogens is 1350 g/mol. The van der Waals surface area contributed by atoms with Crippen LogP contribution in [0.2, 0.25) is 0 Å². The Kier molecular flexibility index (Phi) is 12.0. The number of hydrogen-bond acceptors (Lipinski definition) is 0. The molecule has 514 valence electrons. The van der Waals surface area contributed by atoms with Crippen molar-refractivity contribution in [2.45, 2.75) is 13.8 Å². The molecule has 0 fully saturated rings. The molecule has 26 aromatic rings. The fraction of sp³-hybridized carbons (Fsp3) is 0.0182. The van der Waals surface area contributed by atoms with Gasteiger partial charge in [0, 0.05) is 32.9 Å². The minimum atomic E-state index is 1.18. The molecule has 0 bridgehead atoms. The first-order valence-electron chi connectivity index (χ1n) is 39.3. The minimum absolute atomic E-state index is 1.18. The highest BCUT2D eigenvalue weighted by Crippen LogP contribution is 2.60. The van der Waals surface area contributed by atoms with E-state index in [1.54, 1.807) is 0 Å². The quantitative estimate of drug-likeness (QED) is 0.141. The maximum atomic E-state index is 2.61. The van der Waals surface area contributed by atoms with Crippen LogP contribution >= 0.6 is 0 Å². The first kappa shape index (κ1) is 60.6. The summed E-state index contributed by atoms with van der Waals surface area (Å²) in [5, 5.41) is 41.1. The highest BCUT2D eigenvalue weighted by atomic mass is 15.0. The number of benzene rings is 20. The molecular formula is C110H64N2. The molecule has 0 aliphatic carbocycles. The van der Waals surface area contributed by atoms with Crippen molar-refractivity contribution < 1.29 is 0 Å². The molecule has 0 saturated heterocycles. The molecule has 0 saturated carbocycles. The van der Waals surface area contributed by atoms with Crippen molar-refractivity contribution in [3.8, 4) is 67.0 Å². The Morgan fingerprint density at radius 3 is 1.00 bits per heavy atom. The third-order valence-electron chi connectivity index (χ3n) is 26.0. The average Bonchev–Trinajstić information content (AvgIpc) is 1.52. The molecule has 0 N–H and O–H groups in total. The predicted octanol–water partition coefficient (Wildman–Crippen LogP) is 30.7. The lowest BCUT2D eigenvalue weighted by Crippen LogP contribution is -1.96. The van der Waals surface area contributed by atoms with Crippen molar-refractivity contribution in [2.75, 3.05) is 0 Å². The van der Waals surface area contributed by atoms with Crippen LogP contribution in [-0.2, 0) is 0 Å². The van der Waals surface area contributed by atoms with Gasteiger partial charge in [0.1, 0.15) is 0 Å². The van der Waals surface area contributed by atoms with E-state index in [9.17, 15) is 0 Å². The number of rotatable bonds is 7. The third kappa shape index (κ3) is 7.73. The van der Waals surface area contributed by atoms with Crippen molar-refractivity contribution in [1.29, 1.82) is 0 Å². The van der Waals surface area contributed by atoms with Crippen LogP contribution < -0.4 is 0 Å². The molecule has 2 heterocycles. The molecule has 0 aliphatic heterocycles. The lowest BCUT2D eigenvalue weighted by molar-refractivity contribution is 1.15. The number of aryl methyl sites for hydroxylation is 2. The molecule has 0 spiro atoms. The number of para-hydroxylation sites is 3. The summed E-state index contributed by atoms with van der Waals surface area (Å²) in [6.45, 7) is 4.52. The van der Waals surface area contributed by atoms with Gasteiger partial charge in [0.05, 0.1) is 22.1 Å². The van der Waals surface area contributed by atoms with E-state index in [2.05, 4.69) is 375 Å². The Morgan fingerprint density at radius 1 is 0.152 bits per heavy atom. The van der Waals surface area contributed by atoms with Crippen LogP contribution in [0.5, 0.6) is 0 Å². The molecule has 112 heavy (non-hydrogen) atoms. The summed E-state index contributed by atoms with van der Waals surface area (Å²) < 4.78 is 5.12. The number of hydrogen-bond donors (Lipinski definition) is 0. The van der Waals surface area contributed by atoms with Crippen LogP contribution in [0.1, 0.15) is 11.1 Å². The van der Waals surface area contributed by atoms with Crippen LogP contribution in [0.4, 0.5) is 0 Å². The topological polar surface area (TPSA) is 9.86 Å². The van der Waals surface area contributed by atoms with E-state index >= 15 is 0 Å². The standard InChI is InChI=1S/C110H64N2/c1-61-28-15-20-51-88(61)111-90-53-22-19-40-73(90)103-75-45-26-50-80-101(75)86(59-92(103)111)109-95(64-32-9-4-10-33-64)85-58-82-72-43-23-41-68(98(72)74-44-25-48-78(100(74)82)106(85)96(108(80)109)65-34-11-5-12-35-65)67-54-55-91-83(56-67)104-76-46-27-49-79-102(76)87(60-93(104)112(91)89-52-21-16-29-62(89)2)110-97(66-36-13-6-14-37-66)105-77-47-24-42-71-69-38-17-18-39-70(69)81(99(71)77)57-84(105)94(107(79)110)63-30-7-3-8-31-63/h3-60H,1-2H3. The molecule has 0 aliphatic rings. The summed E-state index contributed by atoms with van der Waals surface area (Å²) in [7, 11) is 0. The van der Waals surface area contributed by atoms with Crippen LogP contribution in [0.25, 0.3) is 261 Å². The second-order valence-corrected chi connectivity index (χ2v) is 31.5. The van der Waals surface area contributed by atoms with Gasteiger partial charge in [0.25, 0.3) is 0 Å². The largest absolute Gasteiger partial charge is 0.309 e. The molecule has 0 unspecified atom stereocenters. The van der Waals surface area contributed by atoms with E-state index in [1.807, 2.05) is 0 Å². The highest BCUT2D eigenvalue weighted by molar-refractivity contribution is 6.50. The fourth-order valence-corrected chi connectivity index (χ4v) is 21.8. The highest BCUT2D eigenvalue weighted by Gasteiger charge is 2.33. The molecule has 0 amide bonds. The van der Waals surface area contributed by atoms with Gasteiger partial charge in [-0.05, 0) is 286 Å². The SMILES string of the molecule is Cc1ccccc1-n1c2ccc(-c3cccc4c5cc6c(-c7ccccc7)c7c8cc9c(c%10cccc(c7c(-c7ccccc7)c6c6cccc(c34)c56)c8%10)c3ccccc3n9-c3ccccc3C)cc2c2c3cccc4c5c(-c6ccccc6)c6cc7c8ccccc8c8cccc(c6c(-c6ccccc6)c5c(cc21)c43)c87. The van der Waals surface area contributed by atoms with Gasteiger partial charge in [0.2, 0.25) is 0 Å². The Bertz CT molecular complexity index is 8600. The van der Waals surface area contributed by atoms with E-state index in [0.29, 0.717) is 0 Å². The van der Waals surface area contributed by atoms with Gasteiger partial charge >= 0.3 is 0 Å². The molecule has 0 atom stereocenters. The summed E-state index contributed by atoms with van der Waals surface area (Å²) in [6.07, 6.45) is 0. The van der Waals surface area contributed by atoms with E-state index in [0.717, 1.165) is 0 Å². The first-order valence-corrected chi connectivity index (χ1v) is 39.3. The summed E-state index contributed by atoms with van der Waals surface area (Å²) in [5.74, 6) is 0. The van der Waals surface area contributed by atoms with Crippen molar-refractivity contribution in [3.63, 3.8) is 0 Å². The van der Waals surface area contributed by atoms with Gasteiger partial charge in [-0.3, -0.25) is 0 Å². The number of fused-ring (bicyclic) bond motifs is 24. The average molecular weight is 1410 g/mol. The summed E-state index contributed by atoms with van der Waals surface area (Å²) >= 11 is 0. The third-order valence-corrected chi connectivity index (χ3v) is 26.0. The Hall–Kier alpha value is -14.4. The maximum Gasteiger partial charge on any atom is 0.0553 e. The monoisotopic (exact) mass is 1410 g/mol. The zero-order chi connectivity index (χ0) is 73.0. The zero-order valence-corrected chi connectivity index (χ0v) is 61.4. The van der Waals surface area contributed by atoms with Crippen molar-refractivity contribution in [1.82, 2.24) is 9.13 Å². The minimum Gasteiger partial charge on any atom is -0.309 e. The molecule has 26 rings (SSSR count). The van der Waals surface area contributed by atoms with Crippen molar-refractivity contribution in [3.05, 3.63) is 363 Å². The van der Waals surface area contributed by atoms with E-state index < -0.39 is 0 Å². The lowest BCUT2D eigenvalue weighted by Gasteiger charge is -2.19. The van der Waals surface area contributed by atoms with Gasteiger partial charge < -0.3 is 9.13 Å². The van der Waals surface area contributed by atoms with E-state index in [1.165, 1.54) is 273 Å². The lowest BCUT2D eigenvalue weighted by atomic mass is 9.84. The summed E-state index contributed by atoms with van der Waals surface area (Å²) in [6, 6.07) is 135. The van der Waals surface area contributed by atoms with Crippen LogP contribution in [-0.4, -0.2) is 9.13 Å². The normalized spacial score (nSPS) is 12.6. The maximum absolute atomic E-state index is 2.61. The Morgan fingerprint density at radius 2 is 0.482 bits per heavy atom. The van der Waals surface area contributed by atoms with Crippen LogP contribution in [0.15, 0.2) is 352 Å². The van der Waals surface area contributed by atoms with Gasteiger partial charge in [-0.25, -0.2) is 0 Å². The Labute approximate surface area is 643 Å². The molecule has 0 radical (unpaired) electrons. The molecule has 2 heteroatoms. The van der Waals surface area contributed by atoms with E-state index in [-0.39, 0.29) is 0 Å². The van der Waals surface area contributed by atoms with Gasteiger partial charge in [0.15, 0.2) is 0 Å².